The number of aryl methyl sites for hydroxylation is 1. The number of nitrogens with one attached hydrogen (secondary N) is 2. The van der Waals surface area contributed by atoms with Gasteiger partial charge >= 0.3 is 0 Å². The molecule has 5 heteroatoms. The molecular weight excluding hydrogens is 344 g/mol. The van der Waals surface area contributed by atoms with Crippen molar-refractivity contribution in [3.05, 3.63) is 88.1 Å². The maximum atomic E-state index is 12.7. The monoisotopic (exact) mass is 362 g/mol. The molecule has 1 heterocycles. The Labute approximate surface area is 156 Å². The molecule has 0 aliphatic heterocycles. The van der Waals surface area contributed by atoms with E-state index in [0.717, 1.165) is 10.4 Å². The van der Waals surface area contributed by atoms with Crippen LogP contribution in [-0.4, -0.2) is 11.8 Å². The summed E-state index contributed by atoms with van der Waals surface area (Å²) in [6, 6.07) is 20.1. The average molecular weight is 362 g/mol. The number of carbonyl (C=O) groups is 2. The Morgan fingerprint density at radius 1 is 0.808 bits per heavy atom. The highest BCUT2D eigenvalue weighted by molar-refractivity contribution is 7.11. The molecular formula is C21H18N2O2S. The summed E-state index contributed by atoms with van der Waals surface area (Å²) >= 11 is 1.49. The molecule has 0 saturated carbocycles. The van der Waals surface area contributed by atoms with E-state index < -0.39 is 11.8 Å². The Morgan fingerprint density at radius 2 is 1.31 bits per heavy atom. The van der Waals surface area contributed by atoms with Crippen LogP contribution in [0.1, 0.15) is 10.4 Å². The van der Waals surface area contributed by atoms with Crippen LogP contribution in [0.4, 0.5) is 11.4 Å². The van der Waals surface area contributed by atoms with Crippen LogP contribution >= 0.6 is 11.3 Å². The minimum absolute atomic E-state index is 0.0586. The zero-order chi connectivity index (χ0) is 18.4. The van der Waals surface area contributed by atoms with Crippen LogP contribution in [0.5, 0.6) is 0 Å². The Bertz CT molecular complexity index is 875. The molecule has 0 bridgehead atoms. The van der Waals surface area contributed by atoms with Crippen LogP contribution in [0.25, 0.3) is 6.08 Å². The maximum Gasteiger partial charge on any atom is 0.261 e. The number of carbonyl (C=O) groups excluding carboxylic acids is 2. The van der Waals surface area contributed by atoms with E-state index in [4.69, 9.17) is 0 Å². The van der Waals surface area contributed by atoms with Crippen molar-refractivity contribution in [1.29, 1.82) is 0 Å². The molecule has 0 aliphatic rings. The number of thiophene rings is 1. The van der Waals surface area contributed by atoms with Crippen LogP contribution in [0.2, 0.25) is 0 Å². The summed E-state index contributed by atoms with van der Waals surface area (Å²) in [4.78, 5) is 26.4. The van der Waals surface area contributed by atoms with E-state index >= 15 is 0 Å². The molecule has 3 rings (SSSR count). The molecule has 3 aromatic rings. The summed E-state index contributed by atoms with van der Waals surface area (Å²) in [5.74, 6) is -0.894. The first-order valence-corrected chi connectivity index (χ1v) is 9.00. The van der Waals surface area contributed by atoms with Gasteiger partial charge in [0.2, 0.25) is 0 Å². The molecule has 0 unspecified atom stereocenters. The fourth-order valence-electron chi connectivity index (χ4n) is 2.34. The highest BCUT2D eigenvalue weighted by Crippen LogP contribution is 2.21. The first-order chi connectivity index (χ1) is 12.6. The van der Waals surface area contributed by atoms with Gasteiger partial charge in [-0.3, -0.25) is 9.59 Å². The van der Waals surface area contributed by atoms with Gasteiger partial charge in [-0.15, -0.1) is 11.3 Å². The fraction of sp³-hybridized carbons (Fsp3) is 0.0476. The molecule has 0 atom stereocenters. The van der Waals surface area contributed by atoms with E-state index in [1.165, 1.54) is 11.3 Å². The zero-order valence-corrected chi connectivity index (χ0v) is 15.0. The number of benzene rings is 2. The Kier molecular flexibility index (Phi) is 5.61. The van der Waals surface area contributed by atoms with E-state index in [-0.39, 0.29) is 5.57 Å². The van der Waals surface area contributed by atoms with Crippen molar-refractivity contribution in [2.45, 2.75) is 6.92 Å². The molecule has 0 aliphatic carbocycles. The summed E-state index contributed by atoms with van der Waals surface area (Å²) in [6.07, 6.45) is 1.64. The Morgan fingerprint density at radius 3 is 1.73 bits per heavy atom. The number of hydrogen-bond donors (Lipinski definition) is 2. The van der Waals surface area contributed by atoms with E-state index in [2.05, 4.69) is 10.6 Å². The molecule has 130 valence electrons. The van der Waals surface area contributed by atoms with E-state index in [1.807, 2.05) is 54.8 Å². The summed E-state index contributed by atoms with van der Waals surface area (Å²) in [6.45, 7) is 1.95. The molecule has 26 heavy (non-hydrogen) atoms. The van der Waals surface area contributed by atoms with Gasteiger partial charge in [0.05, 0.1) is 0 Å². The normalized spacial score (nSPS) is 10.0. The quantitative estimate of drug-likeness (QED) is 0.392. The Balaban J connectivity index is 1.88. The van der Waals surface area contributed by atoms with Gasteiger partial charge in [-0.25, -0.2) is 0 Å². The predicted molar refractivity (Wildman–Crippen MR) is 107 cm³/mol. The van der Waals surface area contributed by atoms with Crippen LogP contribution in [0.3, 0.4) is 0 Å². The van der Waals surface area contributed by atoms with E-state index in [0.29, 0.717) is 11.4 Å². The van der Waals surface area contributed by atoms with E-state index in [9.17, 15) is 9.59 Å². The molecule has 0 saturated heterocycles. The molecule has 1 aromatic heterocycles. The van der Waals surface area contributed by atoms with Crippen LogP contribution in [0.15, 0.2) is 77.7 Å². The van der Waals surface area contributed by atoms with Gasteiger partial charge in [0.15, 0.2) is 0 Å². The lowest BCUT2D eigenvalue weighted by Gasteiger charge is -2.10. The zero-order valence-electron chi connectivity index (χ0n) is 14.2. The van der Waals surface area contributed by atoms with Gasteiger partial charge in [-0.1, -0.05) is 36.4 Å². The van der Waals surface area contributed by atoms with Gasteiger partial charge in [-0.05, 0) is 54.3 Å². The lowest BCUT2D eigenvalue weighted by Crippen LogP contribution is -2.25. The van der Waals surface area contributed by atoms with Crippen LogP contribution < -0.4 is 10.6 Å². The summed E-state index contributed by atoms with van der Waals surface area (Å²) in [5.41, 5.74) is 2.36. The molecule has 2 N–H and O–H groups in total. The second-order valence-electron chi connectivity index (χ2n) is 5.67. The summed E-state index contributed by atoms with van der Waals surface area (Å²) in [7, 11) is 0. The molecule has 2 aromatic carbocycles. The average Bonchev–Trinajstić information content (AvgIpc) is 3.06. The van der Waals surface area contributed by atoms with Crippen LogP contribution in [-0.2, 0) is 9.59 Å². The first-order valence-electron chi connectivity index (χ1n) is 8.12. The topological polar surface area (TPSA) is 58.2 Å². The third kappa shape index (κ3) is 4.46. The maximum absolute atomic E-state index is 12.7. The van der Waals surface area contributed by atoms with Crippen molar-refractivity contribution in [1.82, 2.24) is 0 Å². The second-order valence-corrected chi connectivity index (χ2v) is 6.61. The summed E-state index contributed by atoms with van der Waals surface area (Å²) < 4.78 is 0. The van der Waals surface area contributed by atoms with Crippen molar-refractivity contribution in [2.24, 2.45) is 0 Å². The third-order valence-electron chi connectivity index (χ3n) is 3.73. The third-order valence-corrected chi connectivity index (χ3v) is 4.70. The van der Waals surface area contributed by atoms with Crippen molar-refractivity contribution in [3.8, 4) is 0 Å². The van der Waals surface area contributed by atoms with Crippen LogP contribution in [0, 0.1) is 6.92 Å². The predicted octanol–water partition coefficient (Wildman–Crippen LogP) is 4.72. The highest BCUT2D eigenvalue weighted by Gasteiger charge is 2.19. The SMILES string of the molecule is Cc1ccsc1C=C(C(=O)Nc1ccccc1)C(=O)Nc1ccccc1. The lowest BCUT2D eigenvalue weighted by molar-refractivity contribution is -0.118. The van der Waals surface area contributed by atoms with Gasteiger partial charge < -0.3 is 10.6 Å². The minimum Gasteiger partial charge on any atom is -0.322 e. The molecule has 0 spiro atoms. The van der Waals surface area contributed by atoms with Crippen molar-refractivity contribution < 1.29 is 9.59 Å². The smallest absolute Gasteiger partial charge is 0.261 e. The van der Waals surface area contributed by atoms with Crippen molar-refractivity contribution >= 4 is 40.6 Å². The van der Waals surface area contributed by atoms with Gasteiger partial charge in [0.1, 0.15) is 5.57 Å². The van der Waals surface area contributed by atoms with E-state index in [1.54, 1.807) is 30.3 Å². The second kappa shape index (κ2) is 8.27. The number of rotatable bonds is 5. The van der Waals surface area contributed by atoms with Gasteiger partial charge in [-0.2, -0.15) is 0 Å². The molecule has 2 amide bonds. The Hall–Kier alpha value is -3.18. The minimum atomic E-state index is -0.447. The van der Waals surface area contributed by atoms with Gasteiger partial charge in [0.25, 0.3) is 11.8 Å². The number of para-hydroxylation sites is 2. The largest absolute Gasteiger partial charge is 0.322 e. The summed E-state index contributed by atoms with van der Waals surface area (Å²) in [5, 5.41) is 7.49. The van der Waals surface area contributed by atoms with Gasteiger partial charge in [0, 0.05) is 16.3 Å². The molecule has 4 nitrogen and oxygen atoms in total. The van der Waals surface area contributed by atoms with Crippen molar-refractivity contribution in [3.63, 3.8) is 0 Å². The molecule has 0 radical (unpaired) electrons. The standard InChI is InChI=1S/C21H18N2O2S/c1-15-12-13-26-19(15)14-18(20(24)22-16-8-4-2-5-9-16)21(25)23-17-10-6-3-7-11-17/h2-14H,1H3,(H,22,24)(H,23,25). The number of anilines is 2. The van der Waals surface area contributed by atoms with Crippen molar-refractivity contribution in [2.75, 3.05) is 10.6 Å². The number of hydrogen-bond acceptors (Lipinski definition) is 3. The highest BCUT2D eigenvalue weighted by atomic mass is 32.1. The fourth-order valence-corrected chi connectivity index (χ4v) is 3.20. The lowest BCUT2D eigenvalue weighted by atomic mass is 10.1. The number of amides is 2. The molecule has 0 fully saturated rings. The first kappa shape index (κ1) is 17.6.